The Bertz CT molecular complexity index is 862. The number of imide groups is 1. The minimum atomic E-state index is -0.973. The summed E-state index contributed by atoms with van der Waals surface area (Å²) in [6, 6.07) is 10.1. The van der Waals surface area contributed by atoms with Crippen molar-refractivity contribution in [3.8, 4) is 6.07 Å². The van der Waals surface area contributed by atoms with Crippen molar-refractivity contribution >= 4 is 52.2 Å². The molecule has 2 fully saturated rings. The van der Waals surface area contributed by atoms with Gasteiger partial charge in [-0.05, 0) is 23.9 Å². The molecule has 25 heavy (non-hydrogen) atoms. The van der Waals surface area contributed by atoms with Gasteiger partial charge in [0.15, 0.2) is 0 Å². The van der Waals surface area contributed by atoms with Crippen molar-refractivity contribution in [1.82, 2.24) is 5.32 Å². The van der Waals surface area contributed by atoms with Gasteiger partial charge in [0.25, 0.3) is 11.1 Å². The maximum atomic E-state index is 12.9. The van der Waals surface area contributed by atoms with Crippen LogP contribution in [0.5, 0.6) is 0 Å². The average Bonchev–Trinajstić information content (AvgIpc) is 3.08. The van der Waals surface area contributed by atoms with Gasteiger partial charge in [-0.2, -0.15) is 5.26 Å². The number of para-hydroxylation sites is 1. The molecule has 2 atom stereocenters. The summed E-state index contributed by atoms with van der Waals surface area (Å²) in [5.74, 6) is -2.05. The van der Waals surface area contributed by atoms with Crippen LogP contribution in [0.2, 0.25) is 0 Å². The second kappa shape index (κ2) is 6.62. The van der Waals surface area contributed by atoms with E-state index in [0.29, 0.717) is 17.4 Å². The first kappa shape index (κ1) is 17.1. The van der Waals surface area contributed by atoms with Gasteiger partial charge < -0.3 is 5.73 Å². The molecule has 0 radical (unpaired) electrons. The Balaban J connectivity index is 2.09. The summed E-state index contributed by atoms with van der Waals surface area (Å²) in [6.07, 6.45) is 0. The molecule has 1 aromatic carbocycles. The number of benzene rings is 1. The number of nitrogens with one attached hydrogen (secondary N) is 1. The highest BCUT2D eigenvalue weighted by atomic mass is 32.2. The minimum absolute atomic E-state index is 0.0592. The van der Waals surface area contributed by atoms with Crippen LogP contribution >= 0.6 is 23.5 Å². The van der Waals surface area contributed by atoms with Crippen LogP contribution in [0.25, 0.3) is 0 Å². The molecule has 2 aliphatic heterocycles. The maximum Gasteiger partial charge on any atom is 0.286 e. The van der Waals surface area contributed by atoms with Crippen LogP contribution in [-0.2, 0) is 14.4 Å². The van der Waals surface area contributed by atoms with E-state index >= 15 is 0 Å². The van der Waals surface area contributed by atoms with E-state index in [1.54, 1.807) is 36.4 Å². The standard InChI is InChI=1S/C15H10N4O4S2/c16-6-8(11(17)20)14-19(7-4-2-1-3-5-7)13(22)10(24-14)9-12(21)18-15(23)25-9/h1-5,9-10H,(H2,17,20)(H,18,21,23)/b14-8-/t9-,10+/m1/s1. The molecule has 2 heterocycles. The quantitative estimate of drug-likeness (QED) is 0.588. The molecule has 0 unspecified atom stereocenters. The number of nitrogens with zero attached hydrogens (tertiary/aromatic N) is 2. The van der Waals surface area contributed by atoms with Crippen LogP contribution in [0.1, 0.15) is 0 Å². The monoisotopic (exact) mass is 374 g/mol. The van der Waals surface area contributed by atoms with Crippen molar-refractivity contribution in [1.29, 1.82) is 5.26 Å². The number of carbonyl (C=O) groups is 4. The van der Waals surface area contributed by atoms with Gasteiger partial charge in [0, 0.05) is 5.69 Å². The summed E-state index contributed by atoms with van der Waals surface area (Å²) in [5, 5.41) is 9.01. The normalized spacial score (nSPS) is 24.9. The molecule has 4 amide bonds. The molecular formula is C15H10N4O4S2. The first-order valence-electron chi connectivity index (χ1n) is 6.95. The van der Waals surface area contributed by atoms with Crippen molar-refractivity contribution in [3.05, 3.63) is 40.9 Å². The predicted octanol–water partition coefficient (Wildman–Crippen LogP) is 0.707. The first-order valence-corrected chi connectivity index (χ1v) is 8.71. The SMILES string of the molecule is N#C/C(C(N)=O)=C1/S[C@@H]([C@H]2SC(=O)NC2=O)C(=O)N1c1ccccc1. The van der Waals surface area contributed by atoms with Crippen LogP contribution in [0.3, 0.4) is 0 Å². The second-order valence-corrected chi connectivity index (χ2v) is 7.26. The number of hydrogen-bond acceptors (Lipinski definition) is 7. The summed E-state index contributed by atoms with van der Waals surface area (Å²) in [4.78, 5) is 49.0. The zero-order valence-electron chi connectivity index (χ0n) is 12.5. The van der Waals surface area contributed by atoms with E-state index in [1.807, 2.05) is 0 Å². The Labute approximate surface area is 150 Å². The zero-order valence-corrected chi connectivity index (χ0v) is 14.1. The lowest BCUT2D eigenvalue weighted by atomic mass is 10.2. The summed E-state index contributed by atoms with van der Waals surface area (Å²) in [7, 11) is 0. The lowest BCUT2D eigenvalue weighted by Gasteiger charge is -2.18. The smallest absolute Gasteiger partial charge is 0.286 e. The van der Waals surface area contributed by atoms with Gasteiger partial charge in [0.05, 0.1) is 0 Å². The number of nitrogens with two attached hydrogens (primary N) is 1. The van der Waals surface area contributed by atoms with Crippen molar-refractivity contribution in [2.45, 2.75) is 10.5 Å². The van der Waals surface area contributed by atoms with Crippen molar-refractivity contribution in [2.75, 3.05) is 4.90 Å². The van der Waals surface area contributed by atoms with Crippen LogP contribution in [0.4, 0.5) is 10.5 Å². The van der Waals surface area contributed by atoms with Crippen LogP contribution < -0.4 is 16.0 Å². The Morgan fingerprint density at radius 3 is 2.36 bits per heavy atom. The number of primary amides is 1. The molecule has 0 bridgehead atoms. The van der Waals surface area contributed by atoms with Crippen molar-refractivity contribution in [2.24, 2.45) is 5.73 Å². The molecular weight excluding hydrogens is 364 g/mol. The minimum Gasteiger partial charge on any atom is -0.365 e. The van der Waals surface area contributed by atoms with Gasteiger partial charge in [-0.15, -0.1) is 0 Å². The van der Waals surface area contributed by atoms with E-state index in [1.165, 1.54) is 4.90 Å². The highest BCUT2D eigenvalue weighted by molar-refractivity contribution is 8.16. The highest BCUT2D eigenvalue weighted by Crippen LogP contribution is 2.45. The maximum absolute atomic E-state index is 12.9. The second-order valence-electron chi connectivity index (χ2n) is 5.02. The van der Waals surface area contributed by atoms with Gasteiger partial charge in [-0.3, -0.25) is 29.4 Å². The molecule has 2 saturated heterocycles. The van der Waals surface area contributed by atoms with E-state index < -0.39 is 33.5 Å². The van der Waals surface area contributed by atoms with E-state index in [0.717, 1.165) is 11.8 Å². The van der Waals surface area contributed by atoms with Crippen LogP contribution in [0.15, 0.2) is 40.9 Å². The number of thioether (sulfide) groups is 2. The third kappa shape index (κ3) is 2.99. The molecule has 3 rings (SSSR count). The molecule has 8 nitrogen and oxygen atoms in total. The third-order valence-electron chi connectivity index (χ3n) is 3.48. The predicted molar refractivity (Wildman–Crippen MR) is 92.1 cm³/mol. The molecule has 0 saturated carbocycles. The number of rotatable bonds is 3. The fourth-order valence-corrected chi connectivity index (χ4v) is 4.80. The molecule has 0 spiro atoms. The van der Waals surface area contributed by atoms with Gasteiger partial charge in [0.2, 0.25) is 11.8 Å². The summed E-state index contributed by atoms with van der Waals surface area (Å²) in [6.45, 7) is 0. The van der Waals surface area contributed by atoms with E-state index in [4.69, 9.17) is 5.73 Å². The highest BCUT2D eigenvalue weighted by Gasteiger charge is 2.50. The molecule has 0 aromatic heterocycles. The first-order chi connectivity index (χ1) is 11.9. The number of anilines is 1. The number of carbonyl (C=O) groups excluding carboxylic acids is 4. The molecule has 0 aliphatic carbocycles. The largest absolute Gasteiger partial charge is 0.365 e. The average molecular weight is 374 g/mol. The topological polar surface area (TPSA) is 133 Å². The van der Waals surface area contributed by atoms with Gasteiger partial charge in [-0.25, -0.2) is 0 Å². The van der Waals surface area contributed by atoms with Gasteiger partial charge >= 0.3 is 0 Å². The Kier molecular flexibility index (Phi) is 4.52. The molecule has 2 aliphatic rings. The molecule has 10 heteroatoms. The van der Waals surface area contributed by atoms with E-state index in [9.17, 15) is 24.4 Å². The zero-order chi connectivity index (χ0) is 18.1. The Hall–Kier alpha value is -2.77. The van der Waals surface area contributed by atoms with Crippen molar-refractivity contribution in [3.63, 3.8) is 0 Å². The fourth-order valence-electron chi connectivity index (χ4n) is 2.41. The number of amides is 4. The lowest BCUT2D eigenvalue weighted by molar-refractivity contribution is -0.122. The molecule has 126 valence electrons. The summed E-state index contributed by atoms with van der Waals surface area (Å²) < 4.78 is 0. The van der Waals surface area contributed by atoms with Crippen molar-refractivity contribution < 1.29 is 19.2 Å². The van der Waals surface area contributed by atoms with Crippen LogP contribution in [0, 0.1) is 11.3 Å². The van der Waals surface area contributed by atoms with E-state index in [-0.39, 0.29) is 10.6 Å². The van der Waals surface area contributed by atoms with E-state index in [2.05, 4.69) is 5.32 Å². The molecule has 3 N–H and O–H groups in total. The summed E-state index contributed by atoms with van der Waals surface area (Å²) >= 11 is 1.60. The third-order valence-corrected chi connectivity index (χ3v) is 6.05. The Morgan fingerprint density at radius 1 is 1.16 bits per heavy atom. The van der Waals surface area contributed by atoms with Gasteiger partial charge in [0.1, 0.15) is 27.2 Å². The summed E-state index contributed by atoms with van der Waals surface area (Å²) in [5.41, 5.74) is 5.31. The molecule has 1 aromatic rings. The lowest BCUT2D eigenvalue weighted by Crippen LogP contribution is -2.38. The van der Waals surface area contributed by atoms with Crippen LogP contribution in [-0.4, -0.2) is 33.5 Å². The Morgan fingerprint density at radius 2 is 1.84 bits per heavy atom. The number of hydrogen-bond donors (Lipinski definition) is 2. The fraction of sp³-hybridized carbons (Fsp3) is 0.133. The number of nitriles is 1. The van der Waals surface area contributed by atoms with Gasteiger partial charge in [-0.1, -0.05) is 30.0 Å².